The SMILES string of the molecule is O=C1CC[C@H](/C=C(\c2ccc(OCc3nn[nH]n3)c(F)c2)c2ccc(C3CC3)c(=O)[nH]2)N1. The molecule has 0 unspecified atom stereocenters. The van der Waals surface area contributed by atoms with Crippen molar-refractivity contribution in [2.24, 2.45) is 0 Å². The molecule has 2 aliphatic rings. The number of ether oxygens (including phenoxy) is 1. The largest absolute Gasteiger partial charge is 0.482 e. The van der Waals surface area contributed by atoms with Crippen molar-refractivity contribution in [2.45, 2.75) is 44.2 Å². The Kier molecular flexibility index (Phi) is 5.26. The molecule has 0 spiro atoms. The van der Waals surface area contributed by atoms with Crippen molar-refractivity contribution in [3.8, 4) is 5.75 Å². The van der Waals surface area contributed by atoms with Gasteiger partial charge in [0.2, 0.25) is 11.7 Å². The number of carbonyl (C=O) groups is 1. The van der Waals surface area contributed by atoms with Gasteiger partial charge < -0.3 is 15.0 Å². The van der Waals surface area contributed by atoms with E-state index in [0.29, 0.717) is 41.4 Å². The Balaban J connectivity index is 1.46. The van der Waals surface area contributed by atoms with Gasteiger partial charge in [-0.1, -0.05) is 23.4 Å². The van der Waals surface area contributed by atoms with Gasteiger partial charge in [-0.3, -0.25) is 9.59 Å². The third-order valence-corrected chi connectivity index (χ3v) is 5.63. The second-order valence-electron chi connectivity index (χ2n) is 7.99. The number of benzene rings is 1. The molecule has 1 saturated heterocycles. The van der Waals surface area contributed by atoms with Crippen LogP contribution in [0.15, 0.2) is 41.2 Å². The Bertz CT molecular complexity index is 1230. The number of carbonyl (C=O) groups excluding carboxylic acids is 1. The lowest BCUT2D eigenvalue weighted by molar-refractivity contribution is -0.119. The zero-order valence-corrected chi connectivity index (χ0v) is 17.1. The molecule has 2 fully saturated rings. The maximum atomic E-state index is 14.8. The summed E-state index contributed by atoms with van der Waals surface area (Å²) in [5.41, 5.74) is 2.41. The highest BCUT2D eigenvalue weighted by molar-refractivity contribution is 5.82. The van der Waals surface area contributed by atoms with E-state index in [1.165, 1.54) is 12.1 Å². The molecule has 1 amide bonds. The van der Waals surface area contributed by atoms with Crippen molar-refractivity contribution in [3.63, 3.8) is 0 Å². The number of hydrogen-bond donors (Lipinski definition) is 3. The molecule has 10 heteroatoms. The van der Waals surface area contributed by atoms with Crippen LogP contribution in [0.1, 0.15) is 54.2 Å². The van der Waals surface area contributed by atoms with Gasteiger partial charge in [0.25, 0.3) is 5.56 Å². The van der Waals surface area contributed by atoms with Crippen LogP contribution in [-0.4, -0.2) is 37.6 Å². The molecule has 0 radical (unpaired) electrons. The molecule has 3 heterocycles. The average molecular weight is 436 g/mol. The van der Waals surface area contributed by atoms with E-state index < -0.39 is 5.82 Å². The van der Waals surface area contributed by atoms with Crippen LogP contribution >= 0.6 is 0 Å². The number of H-pyrrole nitrogens is 2. The molecule has 2 aromatic heterocycles. The molecule has 9 nitrogen and oxygen atoms in total. The Morgan fingerprint density at radius 3 is 2.72 bits per heavy atom. The fraction of sp³-hybridized carbons (Fsp3) is 0.318. The lowest BCUT2D eigenvalue weighted by atomic mass is 9.98. The molecule has 3 aromatic rings. The molecule has 1 aromatic carbocycles. The number of halogens is 1. The van der Waals surface area contributed by atoms with Crippen molar-refractivity contribution in [3.05, 3.63) is 75.2 Å². The quantitative estimate of drug-likeness (QED) is 0.521. The smallest absolute Gasteiger partial charge is 0.251 e. The molecule has 1 saturated carbocycles. The van der Waals surface area contributed by atoms with Crippen molar-refractivity contribution in [1.29, 1.82) is 0 Å². The summed E-state index contributed by atoms with van der Waals surface area (Å²) in [5, 5.41) is 16.2. The lowest BCUT2D eigenvalue weighted by Crippen LogP contribution is -2.23. The third-order valence-electron chi connectivity index (χ3n) is 5.63. The van der Waals surface area contributed by atoms with E-state index in [4.69, 9.17) is 4.74 Å². The summed E-state index contributed by atoms with van der Waals surface area (Å²) in [7, 11) is 0. The maximum Gasteiger partial charge on any atom is 0.251 e. The summed E-state index contributed by atoms with van der Waals surface area (Å²) in [4.78, 5) is 27.2. The number of nitrogens with zero attached hydrogens (tertiary/aromatic N) is 3. The highest BCUT2D eigenvalue weighted by Crippen LogP contribution is 2.38. The minimum absolute atomic E-state index is 0.0282. The lowest BCUT2D eigenvalue weighted by Gasteiger charge is -2.14. The summed E-state index contributed by atoms with van der Waals surface area (Å²) >= 11 is 0. The second kappa shape index (κ2) is 8.37. The molecule has 1 atom stereocenters. The number of tetrazole rings is 1. The van der Waals surface area contributed by atoms with E-state index in [-0.39, 0.29) is 29.9 Å². The topological polar surface area (TPSA) is 126 Å². The van der Waals surface area contributed by atoms with Crippen LogP contribution in [0.25, 0.3) is 5.57 Å². The van der Waals surface area contributed by atoms with E-state index in [1.54, 1.807) is 6.07 Å². The van der Waals surface area contributed by atoms with E-state index in [2.05, 4.69) is 30.9 Å². The Morgan fingerprint density at radius 1 is 1.19 bits per heavy atom. The fourth-order valence-corrected chi connectivity index (χ4v) is 3.83. The van der Waals surface area contributed by atoms with Gasteiger partial charge in [-0.15, -0.1) is 10.2 Å². The standard InChI is InChI=1S/C22H21FN6O3/c23-17-9-13(3-7-19(17)32-11-20-26-28-29-27-20)16(10-14-4-8-21(30)24-14)18-6-5-15(12-1-2-12)22(31)25-18/h3,5-7,9-10,12,14H,1-2,4,8,11H2,(H,24,30)(H,25,31)(H,26,27,28,29)/b16-10+/t14-/m1/s1. The monoisotopic (exact) mass is 436 g/mol. The number of pyridine rings is 1. The molecule has 3 N–H and O–H groups in total. The van der Waals surface area contributed by atoms with Crippen LogP contribution in [0.2, 0.25) is 0 Å². The number of nitrogens with one attached hydrogen (secondary N) is 3. The highest BCUT2D eigenvalue weighted by Gasteiger charge is 2.27. The van der Waals surface area contributed by atoms with Crippen LogP contribution in [0.5, 0.6) is 5.75 Å². The molecule has 164 valence electrons. The predicted octanol–water partition coefficient (Wildman–Crippen LogP) is 2.19. The number of hydrogen-bond acceptors (Lipinski definition) is 6. The molecule has 0 bridgehead atoms. The first-order valence-corrected chi connectivity index (χ1v) is 10.5. The summed E-state index contributed by atoms with van der Waals surface area (Å²) in [6.07, 6.45) is 4.98. The minimum Gasteiger partial charge on any atom is -0.482 e. The van der Waals surface area contributed by atoms with E-state index in [1.807, 2.05) is 18.2 Å². The fourth-order valence-electron chi connectivity index (χ4n) is 3.83. The molecule has 1 aliphatic carbocycles. The van der Waals surface area contributed by atoms with Gasteiger partial charge in [0.1, 0.15) is 0 Å². The summed E-state index contributed by atoms with van der Waals surface area (Å²) in [6, 6.07) is 8.07. The van der Waals surface area contributed by atoms with Gasteiger partial charge >= 0.3 is 0 Å². The first kappa shape index (κ1) is 20.1. The molecule has 1 aliphatic heterocycles. The van der Waals surface area contributed by atoms with Gasteiger partial charge in [-0.05, 0) is 48.9 Å². The molecule has 32 heavy (non-hydrogen) atoms. The molecular weight excluding hydrogens is 415 g/mol. The van der Waals surface area contributed by atoms with Gasteiger partial charge in [0.05, 0.1) is 0 Å². The van der Waals surface area contributed by atoms with Crippen molar-refractivity contribution in [1.82, 2.24) is 30.9 Å². The number of amides is 1. The Labute approximate surface area is 182 Å². The normalized spacial score (nSPS) is 18.6. The van der Waals surface area contributed by atoms with Crippen LogP contribution in [0.4, 0.5) is 4.39 Å². The maximum absolute atomic E-state index is 14.8. The second-order valence-corrected chi connectivity index (χ2v) is 7.99. The van der Waals surface area contributed by atoms with Crippen LogP contribution in [-0.2, 0) is 11.4 Å². The van der Waals surface area contributed by atoms with Crippen LogP contribution in [0, 0.1) is 5.82 Å². The summed E-state index contributed by atoms with van der Waals surface area (Å²) < 4.78 is 20.3. The highest BCUT2D eigenvalue weighted by atomic mass is 19.1. The number of rotatable bonds is 7. The number of aromatic nitrogens is 5. The third kappa shape index (κ3) is 4.29. The van der Waals surface area contributed by atoms with Gasteiger partial charge in [-0.2, -0.15) is 5.21 Å². The first-order valence-electron chi connectivity index (χ1n) is 10.5. The summed E-state index contributed by atoms with van der Waals surface area (Å²) in [6.45, 7) is -0.0283. The zero-order valence-electron chi connectivity index (χ0n) is 17.1. The van der Waals surface area contributed by atoms with Gasteiger partial charge in [-0.25, -0.2) is 4.39 Å². The van der Waals surface area contributed by atoms with Crippen molar-refractivity contribution >= 4 is 11.5 Å². The average Bonchev–Trinajstić information content (AvgIpc) is 3.32. The van der Waals surface area contributed by atoms with Crippen molar-refractivity contribution < 1.29 is 13.9 Å². The number of aromatic amines is 2. The van der Waals surface area contributed by atoms with E-state index >= 15 is 0 Å². The summed E-state index contributed by atoms with van der Waals surface area (Å²) in [5.74, 6) is 0.0790. The predicted molar refractivity (Wildman–Crippen MR) is 112 cm³/mol. The Hall–Kier alpha value is -3.82. The Morgan fingerprint density at radius 2 is 2.06 bits per heavy atom. The van der Waals surface area contributed by atoms with E-state index in [9.17, 15) is 14.0 Å². The molecule has 5 rings (SSSR count). The van der Waals surface area contributed by atoms with Gasteiger partial charge in [0, 0.05) is 29.3 Å². The van der Waals surface area contributed by atoms with Crippen LogP contribution < -0.4 is 15.6 Å². The first-order chi connectivity index (χ1) is 15.6. The minimum atomic E-state index is -0.565. The van der Waals surface area contributed by atoms with Crippen LogP contribution in [0.3, 0.4) is 0 Å². The van der Waals surface area contributed by atoms with E-state index in [0.717, 1.165) is 18.4 Å². The molecular formula is C22H21FN6O3. The van der Waals surface area contributed by atoms with Crippen molar-refractivity contribution in [2.75, 3.05) is 0 Å². The van der Waals surface area contributed by atoms with Gasteiger partial charge in [0.15, 0.2) is 18.2 Å². The zero-order chi connectivity index (χ0) is 22.1.